The molecule has 2 heterocycles. The predicted octanol–water partition coefficient (Wildman–Crippen LogP) is 1.74. The van der Waals surface area contributed by atoms with E-state index in [9.17, 15) is 18.8 Å². The standard InChI is InChI=1S/C16H13FN4O3S/c1-9-8-25-15(19-9)20-13(22)11-6-18-16(24)21(14(11)23)7-10-4-2-3-5-12(10)17/h2-6,8H,7H2,1H3,(H,18,24)(H,19,20,22). The topological polar surface area (TPSA) is 96.9 Å². The van der Waals surface area contributed by atoms with E-state index in [4.69, 9.17) is 0 Å². The molecule has 0 aliphatic carbocycles. The highest BCUT2D eigenvalue weighted by atomic mass is 32.1. The summed E-state index contributed by atoms with van der Waals surface area (Å²) in [7, 11) is 0. The number of aromatic nitrogens is 3. The number of nitrogens with one attached hydrogen (secondary N) is 2. The number of rotatable bonds is 4. The molecule has 0 fully saturated rings. The van der Waals surface area contributed by atoms with Gasteiger partial charge in [0.1, 0.15) is 11.4 Å². The highest BCUT2D eigenvalue weighted by Gasteiger charge is 2.17. The first-order valence-electron chi connectivity index (χ1n) is 7.25. The minimum absolute atomic E-state index is 0.170. The molecule has 0 spiro atoms. The molecule has 0 unspecified atom stereocenters. The lowest BCUT2D eigenvalue weighted by Gasteiger charge is -2.08. The smallest absolute Gasteiger partial charge is 0.313 e. The SMILES string of the molecule is Cc1csc(NC(=O)c2c[nH]c(=O)n(Cc3ccccc3F)c2=O)n1. The molecule has 0 saturated heterocycles. The molecule has 3 aromatic rings. The van der Waals surface area contributed by atoms with Crippen LogP contribution in [0.1, 0.15) is 21.6 Å². The van der Waals surface area contributed by atoms with Gasteiger partial charge < -0.3 is 4.98 Å². The summed E-state index contributed by atoms with van der Waals surface area (Å²) in [5.74, 6) is -1.24. The Hall–Kier alpha value is -3.07. The van der Waals surface area contributed by atoms with E-state index < -0.39 is 23.0 Å². The lowest BCUT2D eigenvalue weighted by atomic mass is 10.2. The van der Waals surface area contributed by atoms with Crippen molar-refractivity contribution < 1.29 is 9.18 Å². The number of carbonyl (C=O) groups is 1. The third-order valence-electron chi connectivity index (χ3n) is 3.43. The fourth-order valence-electron chi connectivity index (χ4n) is 2.19. The van der Waals surface area contributed by atoms with Crippen molar-refractivity contribution in [3.8, 4) is 0 Å². The van der Waals surface area contributed by atoms with Gasteiger partial charge in [0.25, 0.3) is 11.5 Å². The zero-order valence-corrected chi connectivity index (χ0v) is 13.9. The fourth-order valence-corrected chi connectivity index (χ4v) is 2.87. The average Bonchev–Trinajstić information content (AvgIpc) is 2.98. The van der Waals surface area contributed by atoms with Crippen LogP contribution < -0.4 is 16.6 Å². The molecule has 1 amide bonds. The lowest BCUT2D eigenvalue weighted by Crippen LogP contribution is -2.39. The Kier molecular flexibility index (Phi) is 4.57. The van der Waals surface area contributed by atoms with Crippen LogP contribution >= 0.6 is 11.3 Å². The summed E-state index contributed by atoms with van der Waals surface area (Å²) in [6, 6.07) is 5.80. The maximum Gasteiger partial charge on any atom is 0.328 e. The third kappa shape index (κ3) is 3.56. The maximum absolute atomic E-state index is 13.8. The van der Waals surface area contributed by atoms with Gasteiger partial charge in [-0.3, -0.25) is 19.5 Å². The molecule has 25 heavy (non-hydrogen) atoms. The number of nitrogens with zero attached hydrogens (tertiary/aromatic N) is 2. The third-order valence-corrected chi connectivity index (χ3v) is 4.31. The predicted molar refractivity (Wildman–Crippen MR) is 91.6 cm³/mol. The summed E-state index contributed by atoms with van der Waals surface area (Å²) in [5.41, 5.74) is -0.890. The number of amides is 1. The molecule has 7 nitrogen and oxygen atoms in total. The van der Waals surface area contributed by atoms with Gasteiger partial charge in [-0.25, -0.2) is 14.2 Å². The Morgan fingerprint density at radius 1 is 1.36 bits per heavy atom. The summed E-state index contributed by atoms with van der Waals surface area (Å²) in [5, 5.41) is 4.59. The molecule has 0 radical (unpaired) electrons. The van der Waals surface area contributed by atoms with Crippen molar-refractivity contribution in [3.63, 3.8) is 0 Å². The second-order valence-corrected chi connectivity index (χ2v) is 6.10. The van der Waals surface area contributed by atoms with E-state index in [-0.39, 0.29) is 17.7 Å². The molecule has 3 rings (SSSR count). The summed E-state index contributed by atoms with van der Waals surface area (Å²) in [4.78, 5) is 43.1. The Labute approximate surface area is 144 Å². The zero-order valence-electron chi connectivity index (χ0n) is 13.1. The van der Waals surface area contributed by atoms with Gasteiger partial charge in [0.15, 0.2) is 5.13 Å². The van der Waals surface area contributed by atoms with Crippen molar-refractivity contribution in [2.45, 2.75) is 13.5 Å². The second kappa shape index (κ2) is 6.81. The van der Waals surface area contributed by atoms with Crippen LogP contribution in [0.3, 0.4) is 0 Å². The Bertz CT molecular complexity index is 1050. The van der Waals surface area contributed by atoms with Gasteiger partial charge in [0, 0.05) is 17.1 Å². The Morgan fingerprint density at radius 3 is 2.80 bits per heavy atom. The molecule has 0 atom stereocenters. The zero-order chi connectivity index (χ0) is 18.0. The van der Waals surface area contributed by atoms with Crippen LogP contribution in [0.15, 0.2) is 45.4 Å². The lowest BCUT2D eigenvalue weighted by molar-refractivity contribution is 0.102. The minimum atomic E-state index is -0.808. The average molecular weight is 360 g/mol. The van der Waals surface area contributed by atoms with Crippen LogP contribution in [0.2, 0.25) is 0 Å². The van der Waals surface area contributed by atoms with E-state index in [1.807, 2.05) is 0 Å². The highest BCUT2D eigenvalue weighted by Crippen LogP contribution is 2.14. The summed E-state index contributed by atoms with van der Waals surface area (Å²) >= 11 is 1.22. The van der Waals surface area contributed by atoms with Crippen LogP contribution in [-0.4, -0.2) is 20.4 Å². The first-order chi connectivity index (χ1) is 12.0. The summed E-state index contributed by atoms with van der Waals surface area (Å²) < 4.78 is 14.6. The molecule has 0 saturated carbocycles. The molecular weight excluding hydrogens is 347 g/mol. The van der Waals surface area contributed by atoms with Gasteiger partial charge in [0.2, 0.25) is 0 Å². The number of carbonyl (C=O) groups excluding carboxylic acids is 1. The van der Waals surface area contributed by atoms with E-state index in [2.05, 4.69) is 15.3 Å². The van der Waals surface area contributed by atoms with E-state index in [1.165, 1.54) is 29.5 Å². The second-order valence-electron chi connectivity index (χ2n) is 5.24. The molecule has 0 aliphatic rings. The largest absolute Gasteiger partial charge is 0.328 e. The van der Waals surface area contributed by atoms with Crippen molar-refractivity contribution in [1.29, 1.82) is 0 Å². The van der Waals surface area contributed by atoms with Crippen LogP contribution in [0.4, 0.5) is 9.52 Å². The monoisotopic (exact) mass is 360 g/mol. The number of halogens is 1. The van der Waals surface area contributed by atoms with Gasteiger partial charge in [-0.1, -0.05) is 18.2 Å². The number of H-pyrrole nitrogens is 1. The number of anilines is 1. The van der Waals surface area contributed by atoms with E-state index in [0.717, 1.165) is 16.5 Å². The molecule has 0 bridgehead atoms. The number of hydrogen-bond donors (Lipinski definition) is 2. The number of aromatic amines is 1. The summed E-state index contributed by atoms with van der Waals surface area (Å²) in [6.07, 6.45) is 1.04. The normalized spacial score (nSPS) is 10.6. The van der Waals surface area contributed by atoms with Crippen molar-refractivity contribution in [2.75, 3.05) is 5.32 Å². The van der Waals surface area contributed by atoms with Crippen molar-refractivity contribution in [1.82, 2.24) is 14.5 Å². The quantitative estimate of drug-likeness (QED) is 0.741. The minimum Gasteiger partial charge on any atom is -0.313 e. The van der Waals surface area contributed by atoms with Gasteiger partial charge in [-0.15, -0.1) is 11.3 Å². The van der Waals surface area contributed by atoms with Gasteiger partial charge in [-0.05, 0) is 13.0 Å². The van der Waals surface area contributed by atoms with Crippen LogP contribution in [0, 0.1) is 12.7 Å². The molecule has 2 aromatic heterocycles. The molecule has 0 aliphatic heterocycles. The van der Waals surface area contributed by atoms with Gasteiger partial charge >= 0.3 is 5.69 Å². The fraction of sp³-hybridized carbons (Fsp3) is 0.125. The maximum atomic E-state index is 13.8. The first-order valence-corrected chi connectivity index (χ1v) is 8.13. The van der Waals surface area contributed by atoms with Crippen LogP contribution in [0.5, 0.6) is 0 Å². The van der Waals surface area contributed by atoms with E-state index in [0.29, 0.717) is 5.13 Å². The molecular formula is C16H13FN4O3S. The van der Waals surface area contributed by atoms with Crippen molar-refractivity contribution >= 4 is 22.4 Å². The Balaban J connectivity index is 1.94. The Morgan fingerprint density at radius 2 is 2.12 bits per heavy atom. The molecule has 128 valence electrons. The number of thiazole rings is 1. The number of aryl methyl sites for hydroxylation is 1. The molecule has 2 N–H and O–H groups in total. The van der Waals surface area contributed by atoms with Crippen molar-refractivity contribution in [2.24, 2.45) is 0 Å². The first kappa shape index (κ1) is 16.8. The molecule has 9 heteroatoms. The highest BCUT2D eigenvalue weighted by molar-refractivity contribution is 7.13. The van der Waals surface area contributed by atoms with Crippen LogP contribution in [0.25, 0.3) is 0 Å². The summed E-state index contributed by atoms with van der Waals surface area (Å²) in [6.45, 7) is 1.49. The number of hydrogen-bond acceptors (Lipinski definition) is 5. The number of benzene rings is 1. The van der Waals surface area contributed by atoms with Gasteiger partial charge in [0.05, 0.1) is 12.2 Å². The van der Waals surface area contributed by atoms with Crippen LogP contribution in [-0.2, 0) is 6.54 Å². The van der Waals surface area contributed by atoms with Gasteiger partial charge in [-0.2, -0.15) is 0 Å². The van der Waals surface area contributed by atoms with Crippen molar-refractivity contribution in [3.05, 3.63) is 79.3 Å². The molecule has 1 aromatic carbocycles. The van der Waals surface area contributed by atoms with E-state index >= 15 is 0 Å². The van der Waals surface area contributed by atoms with E-state index in [1.54, 1.807) is 18.4 Å².